The highest BCUT2D eigenvalue weighted by atomic mass is 19.1. The zero-order valence-corrected chi connectivity index (χ0v) is 13.1. The van der Waals surface area contributed by atoms with Crippen LogP contribution in [0.3, 0.4) is 0 Å². The summed E-state index contributed by atoms with van der Waals surface area (Å²) in [6.07, 6.45) is 3.61. The summed E-state index contributed by atoms with van der Waals surface area (Å²) in [7, 11) is 0. The molecule has 0 aromatic heterocycles. The third-order valence-electron chi connectivity index (χ3n) is 3.64. The van der Waals surface area contributed by atoms with Gasteiger partial charge in [-0.1, -0.05) is 24.3 Å². The van der Waals surface area contributed by atoms with Gasteiger partial charge in [-0.15, -0.1) is 0 Å². The molecule has 1 aliphatic rings. The zero-order chi connectivity index (χ0) is 16.8. The smallest absolute Gasteiger partial charge is 0.244 e. The Hall–Kier alpha value is -2.82. The van der Waals surface area contributed by atoms with Crippen LogP contribution in [0.2, 0.25) is 0 Å². The number of nitrogens with one attached hydrogen (secondary N) is 1. The minimum Gasteiger partial charge on any atom is -0.486 e. The van der Waals surface area contributed by atoms with Gasteiger partial charge in [-0.25, -0.2) is 4.39 Å². The van der Waals surface area contributed by atoms with E-state index in [0.29, 0.717) is 43.2 Å². The lowest BCUT2D eigenvalue weighted by atomic mass is 10.1. The second kappa shape index (κ2) is 7.64. The Morgan fingerprint density at radius 2 is 1.92 bits per heavy atom. The second-order valence-electron chi connectivity index (χ2n) is 5.37. The quantitative estimate of drug-likeness (QED) is 0.859. The van der Waals surface area contributed by atoms with E-state index < -0.39 is 0 Å². The van der Waals surface area contributed by atoms with E-state index in [-0.39, 0.29) is 11.7 Å². The number of fused-ring (bicyclic) bond motifs is 1. The lowest BCUT2D eigenvalue weighted by molar-refractivity contribution is -0.116. The van der Waals surface area contributed by atoms with Crippen molar-refractivity contribution in [1.29, 1.82) is 0 Å². The van der Waals surface area contributed by atoms with Gasteiger partial charge in [0.25, 0.3) is 0 Å². The van der Waals surface area contributed by atoms with Crippen LogP contribution in [0.1, 0.15) is 11.1 Å². The van der Waals surface area contributed by atoms with E-state index in [1.54, 1.807) is 24.3 Å². The summed E-state index contributed by atoms with van der Waals surface area (Å²) in [5.74, 6) is 0.927. The maximum Gasteiger partial charge on any atom is 0.244 e. The molecule has 0 atom stereocenters. The average Bonchev–Trinajstić information content (AvgIpc) is 2.61. The molecule has 4 nitrogen and oxygen atoms in total. The first-order valence-electron chi connectivity index (χ1n) is 7.81. The minimum atomic E-state index is -0.251. The van der Waals surface area contributed by atoms with Crippen molar-refractivity contribution in [2.75, 3.05) is 19.8 Å². The highest BCUT2D eigenvalue weighted by Crippen LogP contribution is 2.31. The SMILES string of the molecule is O=C(/C=C/c1ccc2c(c1)OCCO2)NCCc1ccccc1F. The van der Waals surface area contributed by atoms with E-state index >= 15 is 0 Å². The van der Waals surface area contributed by atoms with Gasteiger partial charge in [0.05, 0.1) is 0 Å². The van der Waals surface area contributed by atoms with Crippen molar-refractivity contribution in [3.8, 4) is 11.5 Å². The van der Waals surface area contributed by atoms with Crippen LogP contribution in [0.5, 0.6) is 11.5 Å². The summed E-state index contributed by atoms with van der Waals surface area (Å²) in [5, 5.41) is 2.74. The van der Waals surface area contributed by atoms with Gasteiger partial charge >= 0.3 is 0 Å². The molecule has 1 aliphatic heterocycles. The fourth-order valence-corrected chi connectivity index (χ4v) is 2.42. The monoisotopic (exact) mass is 327 g/mol. The number of hydrogen-bond acceptors (Lipinski definition) is 3. The Morgan fingerprint density at radius 3 is 2.75 bits per heavy atom. The van der Waals surface area contributed by atoms with Crippen molar-refractivity contribution in [3.63, 3.8) is 0 Å². The van der Waals surface area contributed by atoms with Crippen molar-refractivity contribution in [3.05, 3.63) is 65.5 Å². The summed E-state index contributed by atoms with van der Waals surface area (Å²) < 4.78 is 24.4. The molecule has 0 saturated carbocycles. The largest absolute Gasteiger partial charge is 0.486 e. The number of benzene rings is 2. The van der Waals surface area contributed by atoms with Crippen LogP contribution in [-0.2, 0) is 11.2 Å². The first-order chi connectivity index (χ1) is 11.7. The molecular formula is C19H18FNO3. The number of carbonyl (C=O) groups is 1. The predicted molar refractivity (Wildman–Crippen MR) is 89.6 cm³/mol. The van der Waals surface area contributed by atoms with E-state index in [1.807, 2.05) is 18.2 Å². The molecule has 1 heterocycles. The van der Waals surface area contributed by atoms with Crippen LogP contribution >= 0.6 is 0 Å². The molecular weight excluding hydrogens is 309 g/mol. The van der Waals surface area contributed by atoms with Gasteiger partial charge in [-0.2, -0.15) is 0 Å². The number of rotatable bonds is 5. The third kappa shape index (κ3) is 4.13. The Bertz CT molecular complexity index is 758. The van der Waals surface area contributed by atoms with Gasteiger partial charge in [0.1, 0.15) is 19.0 Å². The third-order valence-corrected chi connectivity index (χ3v) is 3.64. The number of carbonyl (C=O) groups excluding carboxylic acids is 1. The van der Waals surface area contributed by atoms with Crippen molar-refractivity contribution < 1.29 is 18.7 Å². The van der Waals surface area contributed by atoms with Gasteiger partial charge in [0.15, 0.2) is 11.5 Å². The molecule has 3 rings (SSSR count). The summed E-state index contributed by atoms with van der Waals surface area (Å²) >= 11 is 0. The average molecular weight is 327 g/mol. The molecule has 0 fully saturated rings. The van der Waals surface area contributed by atoms with Crippen LogP contribution in [0.15, 0.2) is 48.5 Å². The first kappa shape index (κ1) is 16.1. The zero-order valence-electron chi connectivity index (χ0n) is 13.1. The summed E-state index contributed by atoms with van der Waals surface area (Å²) in [6, 6.07) is 12.1. The standard InChI is InChI=1S/C19H18FNO3/c20-16-4-2-1-3-15(16)9-10-21-19(22)8-6-14-5-7-17-18(13-14)24-12-11-23-17/h1-8,13H,9-12H2,(H,21,22)/b8-6+. The van der Waals surface area contributed by atoms with Gasteiger partial charge in [0.2, 0.25) is 5.91 Å². The van der Waals surface area contributed by atoms with Crippen LogP contribution in [-0.4, -0.2) is 25.7 Å². The van der Waals surface area contributed by atoms with Crippen LogP contribution in [0, 0.1) is 5.82 Å². The lowest BCUT2D eigenvalue weighted by Gasteiger charge is -2.18. The Labute approximate surface area is 139 Å². The van der Waals surface area contributed by atoms with Crippen LogP contribution < -0.4 is 14.8 Å². The molecule has 0 unspecified atom stereocenters. The topological polar surface area (TPSA) is 47.6 Å². The maximum absolute atomic E-state index is 13.5. The molecule has 0 spiro atoms. The van der Waals surface area contributed by atoms with Gasteiger partial charge < -0.3 is 14.8 Å². The van der Waals surface area contributed by atoms with E-state index in [1.165, 1.54) is 12.1 Å². The highest BCUT2D eigenvalue weighted by Gasteiger charge is 2.10. The van der Waals surface area contributed by atoms with Gasteiger partial charge in [0, 0.05) is 12.6 Å². The highest BCUT2D eigenvalue weighted by molar-refractivity contribution is 5.91. The molecule has 1 amide bonds. The molecule has 1 N–H and O–H groups in total. The molecule has 24 heavy (non-hydrogen) atoms. The Kier molecular flexibility index (Phi) is 5.11. The maximum atomic E-state index is 13.5. The molecule has 0 aliphatic carbocycles. The van der Waals surface area contributed by atoms with E-state index in [2.05, 4.69) is 5.32 Å². The predicted octanol–water partition coefficient (Wildman–Crippen LogP) is 2.97. The fraction of sp³-hybridized carbons (Fsp3) is 0.211. The number of hydrogen-bond donors (Lipinski definition) is 1. The van der Waals surface area contributed by atoms with E-state index in [4.69, 9.17) is 9.47 Å². The lowest BCUT2D eigenvalue weighted by Crippen LogP contribution is -2.23. The first-order valence-corrected chi connectivity index (χ1v) is 7.81. The molecule has 5 heteroatoms. The molecule has 0 saturated heterocycles. The normalized spacial score (nSPS) is 13.0. The van der Waals surface area contributed by atoms with Crippen molar-refractivity contribution in [1.82, 2.24) is 5.32 Å². The van der Waals surface area contributed by atoms with Gasteiger partial charge in [-0.05, 0) is 41.8 Å². The molecule has 2 aromatic carbocycles. The molecule has 0 bridgehead atoms. The molecule has 0 radical (unpaired) electrons. The number of amides is 1. The van der Waals surface area contributed by atoms with Crippen molar-refractivity contribution in [2.24, 2.45) is 0 Å². The van der Waals surface area contributed by atoms with E-state index in [9.17, 15) is 9.18 Å². The Balaban J connectivity index is 1.51. The van der Waals surface area contributed by atoms with Gasteiger partial charge in [-0.3, -0.25) is 4.79 Å². The summed E-state index contributed by atoms with van der Waals surface area (Å²) in [5.41, 5.74) is 1.44. The number of ether oxygens (including phenoxy) is 2. The fourth-order valence-electron chi connectivity index (χ4n) is 2.42. The summed E-state index contributed by atoms with van der Waals surface area (Å²) in [6.45, 7) is 1.45. The van der Waals surface area contributed by atoms with E-state index in [0.717, 1.165) is 5.56 Å². The second-order valence-corrected chi connectivity index (χ2v) is 5.37. The van der Waals surface area contributed by atoms with Crippen molar-refractivity contribution in [2.45, 2.75) is 6.42 Å². The number of halogens is 1. The summed E-state index contributed by atoms with van der Waals surface area (Å²) in [4.78, 5) is 11.8. The van der Waals surface area contributed by atoms with Crippen molar-refractivity contribution >= 4 is 12.0 Å². The molecule has 124 valence electrons. The minimum absolute atomic E-state index is 0.221. The Morgan fingerprint density at radius 1 is 1.12 bits per heavy atom. The molecule has 2 aromatic rings. The van der Waals surface area contributed by atoms with Crippen LogP contribution in [0.25, 0.3) is 6.08 Å². The van der Waals surface area contributed by atoms with Crippen LogP contribution in [0.4, 0.5) is 4.39 Å².